The summed E-state index contributed by atoms with van der Waals surface area (Å²) in [5.74, 6) is 0.661. The predicted molar refractivity (Wildman–Crippen MR) is 83.2 cm³/mol. The van der Waals surface area contributed by atoms with Gasteiger partial charge in [0.25, 0.3) is 0 Å². The highest BCUT2D eigenvalue weighted by Gasteiger charge is 2.15. The van der Waals surface area contributed by atoms with Gasteiger partial charge in [-0.15, -0.1) is 5.10 Å². The molecule has 0 fully saturated rings. The number of aryl methyl sites for hydroxylation is 3. The molecule has 0 atom stereocenters. The molecular weight excluding hydrogens is 262 g/mol. The van der Waals surface area contributed by atoms with Crippen LogP contribution >= 0.6 is 0 Å². The van der Waals surface area contributed by atoms with Crippen LogP contribution in [0.3, 0.4) is 0 Å². The minimum absolute atomic E-state index is 0.661. The van der Waals surface area contributed by atoms with Gasteiger partial charge < -0.3 is 5.73 Å². The summed E-state index contributed by atoms with van der Waals surface area (Å²) in [7, 11) is 0. The zero-order valence-electron chi connectivity index (χ0n) is 12.3. The first-order valence-electron chi connectivity index (χ1n) is 6.79. The van der Waals surface area contributed by atoms with Gasteiger partial charge >= 0.3 is 0 Å². The van der Waals surface area contributed by atoms with Crippen molar-refractivity contribution in [3.05, 3.63) is 53.1 Å². The molecule has 0 aliphatic carbocycles. The SMILES string of the molecule is Cc1ccc(-n2nnnc2-c2c(C)cccc2N)cc1C. The van der Waals surface area contributed by atoms with Gasteiger partial charge in [0.05, 0.1) is 5.69 Å². The molecule has 0 spiro atoms. The van der Waals surface area contributed by atoms with E-state index in [9.17, 15) is 0 Å². The third-order valence-electron chi connectivity index (χ3n) is 3.73. The summed E-state index contributed by atoms with van der Waals surface area (Å²) in [5.41, 5.74) is 12.1. The third-order valence-corrected chi connectivity index (χ3v) is 3.73. The van der Waals surface area contributed by atoms with E-state index in [0.29, 0.717) is 11.5 Å². The second kappa shape index (κ2) is 5.01. The summed E-state index contributed by atoms with van der Waals surface area (Å²) in [4.78, 5) is 0. The smallest absolute Gasteiger partial charge is 0.189 e. The molecule has 0 saturated heterocycles. The Balaban J connectivity index is 2.20. The minimum Gasteiger partial charge on any atom is -0.398 e. The van der Waals surface area contributed by atoms with E-state index in [1.165, 1.54) is 11.1 Å². The van der Waals surface area contributed by atoms with Crippen LogP contribution in [0.4, 0.5) is 5.69 Å². The van der Waals surface area contributed by atoms with Crippen molar-refractivity contribution < 1.29 is 0 Å². The van der Waals surface area contributed by atoms with E-state index >= 15 is 0 Å². The molecule has 21 heavy (non-hydrogen) atoms. The Morgan fingerprint density at radius 1 is 0.952 bits per heavy atom. The standard InChI is InChI=1S/C16H17N5/c1-10-7-8-13(9-12(10)3)21-16(18-19-20-21)15-11(2)5-4-6-14(15)17/h4-9H,17H2,1-3H3. The highest BCUT2D eigenvalue weighted by molar-refractivity contribution is 5.75. The molecule has 1 heterocycles. The molecule has 0 aliphatic heterocycles. The van der Waals surface area contributed by atoms with Crippen molar-refractivity contribution in [2.75, 3.05) is 5.73 Å². The van der Waals surface area contributed by atoms with Crippen LogP contribution in [0.2, 0.25) is 0 Å². The quantitative estimate of drug-likeness (QED) is 0.732. The van der Waals surface area contributed by atoms with Crippen LogP contribution in [0, 0.1) is 20.8 Å². The van der Waals surface area contributed by atoms with E-state index in [4.69, 9.17) is 5.73 Å². The first-order valence-corrected chi connectivity index (χ1v) is 6.79. The normalized spacial score (nSPS) is 10.8. The summed E-state index contributed by atoms with van der Waals surface area (Å²) >= 11 is 0. The third kappa shape index (κ3) is 2.27. The first kappa shape index (κ1) is 13.3. The average molecular weight is 279 g/mol. The maximum absolute atomic E-state index is 6.10. The van der Waals surface area contributed by atoms with Crippen LogP contribution in [-0.2, 0) is 0 Å². The molecule has 0 amide bonds. The minimum atomic E-state index is 0.661. The maximum Gasteiger partial charge on any atom is 0.189 e. The van der Waals surface area contributed by atoms with Crippen molar-refractivity contribution in [3.63, 3.8) is 0 Å². The number of aromatic nitrogens is 4. The maximum atomic E-state index is 6.10. The molecule has 5 heteroatoms. The lowest BCUT2D eigenvalue weighted by Crippen LogP contribution is -2.03. The van der Waals surface area contributed by atoms with Crippen molar-refractivity contribution in [3.8, 4) is 17.1 Å². The Bertz CT molecular complexity index is 784. The number of rotatable bonds is 2. The molecule has 2 aromatic carbocycles. The lowest BCUT2D eigenvalue weighted by Gasteiger charge is -2.10. The number of hydrogen-bond donors (Lipinski definition) is 1. The largest absolute Gasteiger partial charge is 0.398 e. The van der Waals surface area contributed by atoms with Gasteiger partial charge in [0.2, 0.25) is 0 Å². The molecule has 2 N–H and O–H groups in total. The monoisotopic (exact) mass is 279 g/mol. The number of nitrogen functional groups attached to an aromatic ring is 1. The van der Waals surface area contributed by atoms with Crippen LogP contribution in [-0.4, -0.2) is 20.2 Å². The molecule has 0 bridgehead atoms. The lowest BCUT2D eigenvalue weighted by atomic mass is 10.1. The van der Waals surface area contributed by atoms with Gasteiger partial charge in [-0.3, -0.25) is 0 Å². The Kier molecular flexibility index (Phi) is 3.17. The Morgan fingerprint density at radius 2 is 1.76 bits per heavy atom. The highest BCUT2D eigenvalue weighted by atomic mass is 15.5. The fourth-order valence-corrected chi connectivity index (χ4v) is 2.37. The Morgan fingerprint density at radius 3 is 2.48 bits per heavy atom. The molecule has 0 radical (unpaired) electrons. The van der Waals surface area contributed by atoms with E-state index < -0.39 is 0 Å². The van der Waals surface area contributed by atoms with Crippen LogP contribution < -0.4 is 5.73 Å². The summed E-state index contributed by atoms with van der Waals surface area (Å²) < 4.78 is 1.73. The first-order chi connectivity index (χ1) is 10.1. The number of hydrogen-bond acceptors (Lipinski definition) is 4. The molecule has 5 nitrogen and oxygen atoms in total. The van der Waals surface area contributed by atoms with E-state index in [0.717, 1.165) is 16.8 Å². The van der Waals surface area contributed by atoms with Crippen LogP contribution in [0.1, 0.15) is 16.7 Å². The fourth-order valence-electron chi connectivity index (χ4n) is 2.37. The summed E-state index contributed by atoms with van der Waals surface area (Å²) in [6.07, 6.45) is 0. The summed E-state index contributed by atoms with van der Waals surface area (Å²) in [6, 6.07) is 11.9. The number of tetrazole rings is 1. The van der Waals surface area contributed by atoms with E-state index in [1.807, 2.05) is 31.2 Å². The molecule has 0 aliphatic rings. The molecule has 1 aromatic heterocycles. The van der Waals surface area contributed by atoms with Crippen molar-refractivity contribution in [1.29, 1.82) is 0 Å². The van der Waals surface area contributed by atoms with Crippen molar-refractivity contribution >= 4 is 5.69 Å². The molecule has 0 saturated carbocycles. The van der Waals surface area contributed by atoms with Crippen molar-refractivity contribution in [2.45, 2.75) is 20.8 Å². The molecule has 3 rings (SSSR count). The fraction of sp³-hybridized carbons (Fsp3) is 0.188. The van der Waals surface area contributed by atoms with Gasteiger partial charge in [0.1, 0.15) is 0 Å². The summed E-state index contributed by atoms with van der Waals surface area (Å²) in [5, 5.41) is 12.1. The van der Waals surface area contributed by atoms with Crippen molar-refractivity contribution in [2.24, 2.45) is 0 Å². The van der Waals surface area contributed by atoms with Gasteiger partial charge in [0, 0.05) is 11.3 Å². The average Bonchev–Trinajstić information content (AvgIpc) is 2.91. The van der Waals surface area contributed by atoms with E-state index in [2.05, 4.69) is 41.5 Å². The van der Waals surface area contributed by atoms with E-state index in [1.54, 1.807) is 4.68 Å². The Hall–Kier alpha value is -2.69. The van der Waals surface area contributed by atoms with Crippen LogP contribution in [0.25, 0.3) is 17.1 Å². The van der Waals surface area contributed by atoms with E-state index in [-0.39, 0.29) is 0 Å². The molecule has 0 unspecified atom stereocenters. The number of nitrogens with zero attached hydrogens (tertiary/aromatic N) is 4. The number of anilines is 1. The van der Waals surface area contributed by atoms with Crippen molar-refractivity contribution in [1.82, 2.24) is 20.2 Å². The van der Waals surface area contributed by atoms with Crippen LogP contribution in [0.15, 0.2) is 36.4 Å². The second-order valence-corrected chi connectivity index (χ2v) is 5.22. The second-order valence-electron chi connectivity index (χ2n) is 5.22. The topological polar surface area (TPSA) is 69.6 Å². The van der Waals surface area contributed by atoms with Gasteiger partial charge in [0.15, 0.2) is 5.82 Å². The van der Waals surface area contributed by atoms with Gasteiger partial charge in [-0.05, 0) is 66.1 Å². The highest BCUT2D eigenvalue weighted by Crippen LogP contribution is 2.28. The predicted octanol–water partition coefficient (Wildman–Crippen LogP) is 2.84. The van der Waals surface area contributed by atoms with Gasteiger partial charge in [-0.1, -0.05) is 18.2 Å². The molecule has 106 valence electrons. The Labute approximate surface area is 123 Å². The zero-order chi connectivity index (χ0) is 15.0. The lowest BCUT2D eigenvalue weighted by molar-refractivity contribution is 0.790. The van der Waals surface area contributed by atoms with Gasteiger partial charge in [-0.2, -0.15) is 4.68 Å². The summed E-state index contributed by atoms with van der Waals surface area (Å²) in [6.45, 7) is 6.16. The van der Waals surface area contributed by atoms with Gasteiger partial charge in [-0.25, -0.2) is 0 Å². The number of nitrogens with two attached hydrogens (primary N) is 1. The van der Waals surface area contributed by atoms with Crippen LogP contribution in [0.5, 0.6) is 0 Å². The molecular formula is C16H17N5. The zero-order valence-corrected chi connectivity index (χ0v) is 12.3. The molecule has 3 aromatic rings. The number of benzene rings is 2.